The van der Waals surface area contributed by atoms with Gasteiger partial charge in [-0.15, -0.1) is 0 Å². The van der Waals surface area contributed by atoms with Crippen LogP contribution in [0.3, 0.4) is 0 Å². The number of unbranched alkanes of at least 4 members (excludes halogenated alkanes) is 1. The number of amides is 2. The maximum absolute atomic E-state index is 14.5. The van der Waals surface area contributed by atoms with Crippen molar-refractivity contribution in [2.24, 2.45) is 0 Å². The standard InChI is InChI=1S/C36H40ClN3O6S/c1-4-5-22-38-36(42)32(23-27-12-8-6-9-13-27)39(25-28-14-10-7-11-15-28)35(41)26-40(30-18-16-29(37)17-19-30)47(43,44)31-20-21-33(45-2)34(24-31)46-3/h6-21,24,32H,4-5,22-23,25-26H2,1-3H3,(H,38,42)/t32-/m1/s1. The minimum absolute atomic E-state index is 0.0865. The number of anilines is 1. The van der Waals surface area contributed by atoms with Crippen LogP contribution in [0.15, 0.2) is 108 Å². The molecule has 9 nitrogen and oxygen atoms in total. The molecule has 2 amide bonds. The Kier molecular flexibility index (Phi) is 12.7. The van der Waals surface area contributed by atoms with E-state index in [4.69, 9.17) is 21.1 Å². The van der Waals surface area contributed by atoms with Crippen LogP contribution in [-0.4, -0.2) is 58.5 Å². The number of hydrogen-bond donors (Lipinski definition) is 1. The highest BCUT2D eigenvalue weighted by molar-refractivity contribution is 7.92. The number of nitrogens with zero attached hydrogens (tertiary/aromatic N) is 2. The highest BCUT2D eigenvalue weighted by Gasteiger charge is 2.35. The summed E-state index contributed by atoms with van der Waals surface area (Å²) in [5, 5.41) is 3.39. The fourth-order valence-corrected chi connectivity index (χ4v) is 6.64. The Labute approximate surface area is 282 Å². The third-order valence-electron chi connectivity index (χ3n) is 7.63. The summed E-state index contributed by atoms with van der Waals surface area (Å²) < 4.78 is 40.3. The Morgan fingerprint density at radius 1 is 0.830 bits per heavy atom. The largest absolute Gasteiger partial charge is 0.493 e. The Hall–Kier alpha value is -4.54. The summed E-state index contributed by atoms with van der Waals surface area (Å²) in [5.74, 6) is -0.299. The normalized spacial score (nSPS) is 11.7. The van der Waals surface area contributed by atoms with Crippen molar-refractivity contribution in [3.05, 3.63) is 119 Å². The number of methoxy groups -OCH3 is 2. The highest BCUT2D eigenvalue weighted by atomic mass is 35.5. The number of ether oxygens (including phenoxy) is 2. The predicted octanol–water partition coefficient (Wildman–Crippen LogP) is 6.11. The SMILES string of the molecule is CCCCNC(=O)[C@@H](Cc1ccccc1)N(Cc1ccccc1)C(=O)CN(c1ccc(Cl)cc1)S(=O)(=O)c1ccc(OC)c(OC)c1. The molecule has 0 spiro atoms. The summed E-state index contributed by atoms with van der Waals surface area (Å²) in [6, 6.07) is 28.3. The number of rotatable bonds is 16. The van der Waals surface area contributed by atoms with Crippen LogP contribution < -0.4 is 19.1 Å². The van der Waals surface area contributed by atoms with E-state index in [1.165, 1.54) is 49.5 Å². The molecule has 0 saturated heterocycles. The lowest BCUT2D eigenvalue weighted by molar-refractivity contribution is -0.140. The van der Waals surface area contributed by atoms with E-state index >= 15 is 0 Å². The van der Waals surface area contributed by atoms with Gasteiger partial charge in [-0.1, -0.05) is 85.6 Å². The molecule has 0 heterocycles. The van der Waals surface area contributed by atoms with E-state index in [0.717, 1.165) is 28.3 Å². The van der Waals surface area contributed by atoms with Gasteiger partial charge in [-0.05, 0) is 53.9 Å². The van der Waals surface area contributed by atoms with Crippen LogP contribution in [-0.2, 0) is 32.6 Å². The van der Waals surface area contributed by atoms with Crippen molar-refractivity contribution in [1.82, 2.24) is 10.2 Å². The first-order valence-corrected chi connectivity index (χ1v) is 17.1. The van der Waals surface area contributed by atoms with E-state index in [9.17, 15) is 18.0 Å². The first-order valence-electron chi connectivity index (χ1n) is 15.3. The number of nitrogens with one attached hydrogen (secondary N) is 1. The maximum Gasteiger partial charge on any atom is 0.264 e. The van der Waals surface area contributed by atoms with E-state index in [1.54, 1.807) is 12.1 Å². The molecule has 0 saturated carbocycles. The van der Waals surface area contributed by atoms with Crippen molar-refractivity contribution in [2.75, 3.05) is 31.6 Å². The van der Waals surface area contributed by atoms with Crippen molar-refractivity contribution in [1.29, 1.82) is 0 Å². The molecular formula is C36H40ClN3O6S. The lowest BCUT2D eigenvalue weighted by Gasteiger charge is -2.34. The average molecular weight is 678 g/mol. The zero-order valence-electron chi connectivity index (χ0n) is 26.8. The molecular weight excluding hydrogens is 638 g/mol. The molecule has 0 radical (unpaired) electrons. The fraction of sp³-hybridized carbons (Fsp3) is 0.278. The smallest absolute Gasteiger partial charge is 0.264 e. The van der Waals surface area contributed by atoms with Gasteiger partial charge in [0.25, 0.3) is 10.0 Å². The van der Waals surface area contributed by atoms with Gasteiger partial charge in [-0.3, -0.25) is 13.9 Å². The quantitative estimate of drug-likeness (QED) is 0.144. The van der Waals surface area contributed by atoms with Crippen molar-refractivity contribution in [3.63, 3.8) is 0 Å². The predicted molar refractivity (Wildman–Crippen MR) is 184 cm³/mol. The second kappa shape index (κ2) is 16.9. The van der Waals surface area contributed by atoms with Crippen LogP contribution >= 0.6 is 11.6 Å². The minimum Gasteiger partial charge on any atom is -0.493 e. The van der Waals surface area contributed by atoms with E-state index in [-0.39, 0.29) is 35.2 Å². The number of hydrogen-bond acceptors (Lipinski definition) is 6. The Bertz CT molecular complexity index is 1720. The number of carbonyl (C=O) groups excluding carboxylic acids is 2. The van der Waals surface area contributed by atoms with Gasteiger partial charge >= 0.3 is 0 Å². The van der Waals surface area contributed by atoms with Gasteiger partial charge in [-0.25, -0.2) is 8.42 Å². The van der Waals surface area contributed by atoms with Gasteiger partial charge in [0.1, 0.15) is 12.6 Å². The van der Waals surface area contributed by atoms with E-state index in [2.05, 4.69) is 5.32 Å². The lowest BCUT2D eigenvalue weighted by atomic mass is 10.0. The van der Waals surface area contributed by atoms with Crippen molar-refractivity contribution >= 4 is 39.1 Å². The number of carbonyl (C=O) groups is 2. The molecule has 0 unspecified atom stereocenters. The van der Waals surface area contributed by atoms with Crippen LogP contribution in [0.2, 0.25) is 5.02 Å². The molecule has 0 aliphatic rings. The zero-order chi connectivity index (χ0) is 33.8. The highest BCUT2D eigenvalue weighted by Crippen LogP contribution is 2.33. The molecule has 4 aromatic carbocycles. The average Bonchev–Trinajstić information content (AvgIpc) is 3.09. The second-order valence-electron chi connectivity index (χ2n) is 10.9. The Balaban J connectivity index is 1.79. The Morgan fingerprint density at radius 2 is 1.45 bits per heavy atom. The van der Waals surface area contributed by atoms with Crippen LogP contribution in [0.5, 0.6) is 11.5 Å². The maximum atomic E-state index is 14.5. The molecule has 0 bridgehead atoms. The van der Waals surface area contributed by atoms with Gasteiger partial charge in [-0.2, -0.15) is 0 Å². The second-order valence-corrected chi connectivity index (χ2v) is 13.2. The molecule has 4 rings (SSSR count). The minimum atomic E-state index is -4.34. The van der Waals surface area contributed by atoms with Crippen molar-refractivity contribution < 1.29 is 27.5 Å². The number of sulfonamides is 1. The molecule has 0 aliphatic heterocycles. The molecule has 47 heavy (non-hydrogen) atoms. The molecule has 11 heteroatoms. The fourth-order valence-electron chi connectivity index (χ4n) is 5.08. The number of benzene rings is 4. The number of halogens is 1. The molecule has 1 N–H and O–H groups in total. The third kappa shape index (κ3) is 9.27. The van der Waals surface area contributed by atoms with E-state index in [1.807, 2.05) is 67.6 Å². The summed E-state index contributed by atoms with van der Waals surface area (Å²) >= 11 is 6.15. The zero-order valence-corrected chi connectivity index (χ0v) is 28.3. The van der Waals surface area contributed by atoms with E-state index < -0.39 is 28.5 Å². The lowest BCUT2D eigenvalue weighted by Crippen LogP contribution is -2.53. The molecule has 0 fully saturated rings. The van der Waals surface area contributed by atoms with Crippen molar-refractivity contribution in [2.45, 2.75) is 43.7 Å². The summed E-state index contributed by atoms with van der Waals surface area (Å²) in [6.45, 7) is 1.99. The molecule has 0 aromatic heterocycles. The van der Waals surface area contributed by atoms with E-state index in [0.29, 0.717) is 17.3 Å². The van der Waals surface area contributed by atoms with Crippen molar-refractivity contribution in [3.8, 4) is 11.5 Å². The van der Waals surface area contributed by atoms with Crippen LogP contribution in [0, 0.1) is 0 Å². The molecule has 1 atom stereocenters. The first kappa shape index (κ1) is 35.3. The topological polar surface area (TPSA) is 105 Å². The monoisotopic (exact) mass is 677 g/mol. The summed E-state index contributed by atoms with van der Waals surface area (Å²) in [5.41, 5.74) is 1.88. The molecule has 4 aromatic rings. The van der Waals surface area contributed by atoms with Gasteiger partial charge in [0.2, 0.25) is 11.8 Å². The van der Waals surface area contributed by atoms with Gasteiger partial charge in [0.15, 0.2) is 11.5 Å². The molecule has 248 valence electrons. The van der Waals surface area contributed by atoms with Gasteiger partial charge in [0, 0.05) is 30.6 Å². The first-order chi connectivity index (χ1) is 22.7. The van der Waals surface area contributed by atoms with Crippen LogP contribution in [0.1, 0.15) is 30.9 Å². The third-order valence-corrected chi connectivity index (χ3v) is 9.65. The van der Waals surface area contributed by atoms with Crippen LogP contribution in [0.25, 0.3) is 0 Å². The molecule has 0 aliphatic carbocycles. The summed E-state index contributed by atoms with van der Waals surface area (Å²) in [7, 11) is -1.48. The van der Waals surface area contributed by atoms with Gasteiger partial charge < -0.3 is 19.7 Å². The summed E-state index contributed by atoms with van der Waals surface area (Å²) in [6.07, 6.45) is 1.91. The van der Waals surface area contributed by atoms with Gasteiger partial charge in [0.05, 0.1) is 24.8 Å². The summed E-state index contributed by atoms with van der Waals surface area (Å²) in [4.78, 5) is 29.7. The Morgan fingerprint density at radius 3 is 2.04 bits per heavy atom. The van der Waals surface area contributed by atoms with Crippen LogP contribution in [0.4, 0.5) is 5.69 Å².